The third-order valence-electron chi connectivity index (χ3n) is 1.56. The highest BCUT2D eigenvalue weighted by molar-refractivity contribution is 7.66. The minimum Gasteiger partial charge on any atom is -0.339 e. The predicted octanol–water partition coefficient (Wildman–Crippen LogP) is 3.49. The number of rotatable bonds is 8. The van der Waals surface area contributed by atoms with E-state index in [9.17, 15) is 4.89 Å². The van der Waals surface area contributed by atoms with Crippen LogP contribution in [0.2, 0.25) is 0 Å². The summed E-state index contributed by atoms with van der Waals surface area (Å²) in [6.45, 7) is 9.75. The highest BCUT2D eigenvalue weighted by atomic mass is 31.2. The van der Waals surface area contributed by atoms with Crippen molar-refractivity contribution in [3.63, 3.8) is 0 Å². The molecule has 0 aliphatic rings. The topological polar surface area (TPSA) is 72.6 Å². The fraction of sp³-hybridized carbons (Fsp3) is 0.778. The van der Waals surface area contributed by atoms with Gasteiger partial charge < -0.3 is 18.5 Å². The van der Waals surface area contributed by atoms with Crippen LogP contribution in [-0.4, -0.2) is 38.4 Å². The van der Waals surface area contributed by atoms with Crippen LogP contribution >= 0.6 is 15.2 Å². The molecule has 0 fully saturated rings. The van der Waals surface area contributed by atoms with Crippen molar-refractivity contribution in [3.05, 3.63) is 12.7 Å². The van der Waals surface area contributed by atoms with E-state index >= 15 is 0 Å². The van der Waals surface area contributed by atoms with E-state index in [4.69, 9.17) is 13.6 Å². The molecule has 0 aromatic carbocycles. The fourth-order valence-corrected chi connectivity index (χ4v) is 5.09. The van der Waals surface area contributed by atoms with E-state index in [1.165, 1.54) is 6.66 Å². The molecule has 0 bridgehead atoms. The molecule has 1 N–H and O–H groups in total. The first-order chi connectivity index (χ1) is 7.95. The zero-order valence-corrected chi connectivity index (χ0v) is 12.7. The van der Waals surface area contributed by atoms with Crippen LogP contribution in [0.3, 0.4) is 0 Å². The molecule has 0 aromatic heterocycles. The van der Waals surface area contributed by atoms with E-state index in [2.05, 4.69) is 15.8 Å². The zero-order valence-electron chi connectivity index (χ0n) is 10.9. The molecule has 102 valence electrons. The van der Waals surface area contributed by atoms with Crippen molar-refractivity contribution in [1.29, 1.82) is 0 Å². The van der Waals surface area contributed by atoms with Gasteiger partial charge >= 0.3 is 7.66 Å². The average molecular weight is 284 g/mol. The van der Waals surface area contributed by atoms with Crippen molar-refractivity contribution in [1.82, 2.24) is 0 Å². The van der Waals surface area contributed by atoms with E-state index in [-0.39, 0.29) is 6.61 Å². The van der Waals surface area contributed by atoms with Gasteiger partial charge in [0, 0.05) is 13.7 Å². The lowest BCUT2D eigenvalue weighted by Gasteiger charge is -2.21. The van der Waals surface area contributed by atoms with Gasteiger partial charge in [0.1, 0.15) is 0 Å². The Morgan fingerprint density at radius 2 is 1.82 bits per heavy atom. The first kappa shape index (κ1) is 17.0. The first-order valence-electron chi connectivity index (χ1n) is 5.34. The SMILES string of the molecule is C=CCOP(N=P(C)(O)OCC)(=NC)OCC. The van der Waals surface area contributed by atoms with Gasteiger partial charge in [-0.25, -0.2) is 4.74 Å². The summed E-state index contributed by atoms with van der Waals surface area (Å²) in [4.78, 5) is 10.0. The number of nitrogens with zero attached hydrogens (tertiary/aromatic N) is 2. The van der Waals surface area contributed by atoms with Crippen molar-refractivity contribution >= 4 is 15.2 Å². The summed E-state index contributed by atoms with van der Waals surface area (Å²) in [5.41, 5.74) is 0. The quantitative estimate of drug-likeness (QED) is 0.547. The maximum absolute atomic E-state index is 10.0. The molecule has 0 aliphatic carbocycles. The molecule has 2 unspecified atom stereocenters. The molecule has 8 heteroatoms. The average Bonchev–Trinajstić information content (AvgIpc) is 2.25. The molecule has 0 radical (unpaired) electrons. The second-order valence-corrected chi connectivity index (χ2v) is 7.58. The normalized spacial score (nSPS) is 17.9. The molecule has 0 aromatic rings. The van der Waals surface area contributed by atoms with E-state index in [0.717, 1.165) is 0 Å². The number of hydrogen-bond acceptors (Lipinski definition) is 4. The van der Waals surface area contributed by atoms with Crippen LogP contribution in [0.15, 0.2) is 21.9 Å². The lowest BCUT2D eigenvalue weighted by atomic mass is 10.7. The smallest absolute Gasteiger partial charge is 0.338 e. The minimum absolute atomic E-state index is 0.265. The summed E-state index contributed by atoms with van der Waals surface area (Å²) < 4.78 is 24.4. The zero-order chi connectivity index (χ0) is 13.4. The molecule has 6 nitrogen and oxygen atoms in total. The molecule has 2 atom stereocenters. The van der Waals surface area contributed by atoms with Gasteiger partial charge in [-0.15, -0.1) is 6.58 Å². The van der Waals surface area contributed by atoms with Gasteiger partial charge in [0.2, 0.25) is 7.51 Å². The Morgan fingerprint density at radius 3 is 2.24 bits per heavy atom. The molecule has 0 aliphatic heterocycles. The molecule has 0 saturated heterocycles. The van der Waals surface area contributed by atoms with Crippen LogP contribution in [0.1, 0.15) is 13.8 Å². The number of hydrogen-bond donors (Lipinski definition) is 1. The van der Waals surface area contributed by atoms with Crippen LogP contribution in [0.25, 0.3) is 0 Å². The van der Waals surface area contributed by atoms with Crippen LogP contribution in [-0.2, 0) is 13.6 Å². The largest absolute Gasteiger partial charge is 0.339 e. The minimum atomic E-state index is -2.85. The molecule has 0 amide bonds. The van der Waals surface area contributed by atoms with Crippen molar-refractivity contribution in [2.45, 2.75) is 13.8 Å². The van der Waals surface area contributed by atoms with Crippen LogP contribution in [0.4, 0.5) is 0 Å². The Bertz CT molecular complexity index is 338. The second-order valence-electron chi connectivity index (χ2n) is 3.04. The third kappa shape index (κ3) is 6.51. The second kappa shape index (κ2) is 8.20. The van der Waals surface area contributed by atoms with Gasteiger partial charge in [0.15, 0.2) is 0 Å². The lowest BCUT2D eigenvalue weighted by Crippen LogP contribution is -1.96. The van der Waals surface area contributed by atoms with Gasteiger partial charge in [-0.05, 0) is 13.8 Å². The Balaban J connectivity index is 5.23. The molecular weight excluding hydrogens is 262 g/mol. The predicted molar refractivity (Wildman–Crippen MR) is 72.2 cm³/mol. The van der Waals surface area contributed by atoms with E-state index in [1.807, 2.05) is 6.92 Å². The molecule has 0 saturated carbocycles. The Kier molecular flexibility index (Phi) is 8.22. The van der Waals surface area contributed by atoms with Gasteiger partial charge in [-0.3, -0.25) is 0 Å². The maximum atomic E-state index is 10.0. The van der Waals surface area contributed by atoms with Gasteiger partial charge in [-0.2, -0.15) is 4.52 Å². The highest BCUT2D eigenvalue weighted by Gasteiger charge is 2.24. The maximum Gasteiger partial charge on any atom is 0.338 e. The van der Waals surface area contributed by atoms with Gasteiger partial charge in [-0.1, -0.05) is 6.08 Å². The van der Waals surface area contributed by atoms with Gasteiger partial charge in [0.25, 0.3) is 0 Å². The van der Waals surface area contributed by atoms with E-state index < -0.39 is 15.2 Å². The van der Waals surface area contributed by atoms with Crippen LogP contribution in [0.5, 0.6) is 0 Å². The third-order valence-corrected chi connectivity index (χ3v) is 6.13. The van der Waals surface area contributed by atoms with E-state index in [1.54, 1.807) is 20.0 Å². The standard InChI is InChI=1S/C9H22N2O4P2/c1-6-9-15-17(10-4,14-8-3)11-16(5,12)13-7-2/h6,12H,1,7-9H2,2-5H3. The van der Waals surface area contributed by atoms with Crippen molar-refractivity contribution in [2.24, 2.45) is 9.26 Å². The summed E-state index contributed by atoms with van der Waals surface area (Å²) in [5, 5.41) is 0. The summed E-state index contributed by atoms with van der Waals surface area (Å²) in [6, 6.07) is 0. The molecular formula is C9H22N2O4P2. The molecule has 0 spiro atoms. The first-order valence-corrected chi connectivity index (χ1v) is 8.93. The molecule has 0 heterocycles. The summed E-state index contributed by atoms with van der Waals surface area (Å²) >= 11 is 0. The van der Waals surface area contributed by atoms with Crippen LogP contribution in [0, 0.1) is 0 Å². The summed E-state index contributed by atoms with van der Waals surface area (Å²) in [5.74, 6) is 0. The highest BCUT2D eigenvalue weighted by Crippen LogP contribution is 2.62. The van der Waals surface area contributed by atoms with Crippen LogP contribution < -0.4 is 0 Å². The monoisotopic (exact) mass is 284 g/mol. The summed E-state index contributed by atoms with van der Waals surface area (Å²) in [7, 11) is -4.09. The Labute approximate surface area is 103 Å². The van der Waals surface area contributed by atoms with E-state index in [0.29, 0.717) is 13.2 Å². The summed E-state index contributed by atoms with van der Waals surface area (Å²) in [6.07, 6.45) is 1.59. The van der Waals surface area contributed by atoms with Gasteiger partial charge in [0.05, 0.1) is 19.8 Å². The fourth-order valence-electron chi connectivity index (χ4n) is 1.04. The van der Waals surface area contributed by atoms with Crippen molar-refractivity contribution < 1.29 is 18.5 Å². The van der Waals surface area contributed by atoms with Crippen molar-refractivity contribution in [3.8, 4) is 0 Å². The lowest BCUT2D eigenvalue weighted by molar-refractivity contribution is 0.266. The Hall–Kier alpha value is 0.0400. The van der Waals surface area contributed by atoms with Crippen molar-refractivity contribution in [2.75, 3.05) is 33.5 Å². The Morgan fingerprint density at radius 1 is 1.24 bits per heavy atom. The molecule has 17 heavy (non-hydrogen) atoms. The molecule has 0 rings (SSSR count).